The molecule has 1 spiro atoms. The molecule has 0 bridgehead atoms. The number of ether oxygens (including phenoxy) is 1. The van der Waals surface area contributed by atoms with Gasteiger partial charge in [0.2, 0.25) is 0 Å². The SMILES string of the molecule is O=C(COC(=O)CN1C(=O)NC2(CCCC2)C1=O)Nc1ccc(F)cc1F. The van der Waals surface area contributed by atoms with Crippen LogP contribution in [-0.4, -0.2) is 47.4 Å². The van der Waals surface area contributed by atoms with E-state index in [4.69, 9.17) is 4.74 Å². The number of amides is 4. The van der Waals surface area contributed by atoms with Crippen LogP contribution < -0.4 is 10.6 Å². The Bertz CT molecular complexity index is 808. The van der Waals surface area contributed by atoms with Crippen molar-refractivity contribution in [3.05, 3.63) is 29.8 Å². The van der Waals surface area contributed by atoms with Crippen LogP contribution in [0.3, 0.4) is 0 Å². The van der Waals surface area contributed by atoms with Crippen molar-refractivity contribution < 1.29 is 32.7 Å². The van der Waals surface area contributed by atoms with Gasteiger partial charge in [-0.05, 0) is 25.0 Å². The smallest absolute Gasteiger partial charge is 0.326 e. The lowest BCUT2D eigenvalue weighted by molar-refractivity contribution is -0.150. The summed E-state index contributed by atoms with van der Waals surface area (Å²) >= 11 is 0. The normalized spacial score (nSPS) is 17.9. The number of benzene rings is 1. The van der Waals surface area contributed by atoms with Crippen LogP contribution in [-0.2, 0) is 19.1 Å². The zero-order valence-corrected chi connectivity index (χ0v) is 14.2. The molecule has 2 fully saturated rings. The third-order valence-corrected chi connectivity index (χ3v) is 4.56. The molecule has 0 radical (unpaired) electrons. The summed E-state index contributed by atoms with van der Waals surface area (Å²) in [5, 5.41) is 4.75. The molecule has 1 saturated carbocycles. The Morgan fingerprint density at radius 1 is 1.22 bits per heavy atom. The Morgan fingerprint density at radius 3 is 2.59 bits per heavy atom. The standard InChI is InChI=1S/C17H17F2N3O5/c18-10-3-4-12(11(19)7-10)20-13(23)9-27-14(24)8-22-15(25)17(21-16(22)26)5-1-2-6-17/h3-4,7H,1-2,5-6,8-9H2,(H,20,23)(H,21,26). The molecular weight excluding hydrogens is 364 g/mol. The van der Waals surface area contributed by atoms with Gasteiger partial charge < -0.3 is 15.4 Å². The van der Waals surface area contributed by atoms with Crippen molar-refractivity contribution in [2.24, 2.45) is 0 Å². The molecule has 0 aromatic heterocycles. The number of carbonyl (C=O) groups is 4. The monoisotopic (exact) mass is 381 g/mol. The lowest BCUT2D eigenvalue weighted by Gasteiger charge is -2.19. The van der Waals surface area contributed by atoms with E-state index in [2.05, 4.69) is 10.6 Å². The molecule has 2 N–H and O–H groups in total. The van der Waals surface area contributed by atoms with Crippen LogP contribution in [0, 0.1) is 11.6 Å². The molecule has 3 rings (SSSR count). The predicted molar refractivity (Wildman–Crippen MR) is 87.4 cm³/mol. The van der Waals surface area contributed by atoms with Gasteiger partial charge in [0.05, 0.1) is 5.69 Å². The molecule has 10 heteroatoms. The van der Waals surface area contributed by atoms with Crippen molar-refractivity contribution in [2.45, 2.75) is 31.2 Å². The summed E-state index contributed by atoms with van der Waals surface area (Å²) in [5.41, 5.74) is -1.20. The fourth-order valence-corrected chi connectivity index (χ4v) is 3.24. The molecule has 2 aliphatic rings. The van der Waals surface area contributed by atoms with Gasteiger partial charge in [0, 0.05) is 6.07 Å². The van der Waals surface area contributed by atoms with E-state index in [1.165, 1.54) is 0 Å². The summed E-state index contributed by atoms with van der Waals surface area (Å²) in [5.74, 6) is -4.05. The van der Waals surface area contributed by atoms with Gasteiger partial charge in [-0.25, -0.2) is 13.6 Å². The molecule has 4 amide bonds. The average Bonchev–Trinajstić information content (AvgIpc) is 3.17. The van der Waals surface area contributed by atoms with Crippen LogP contribution in [0.4, 0.5) is 19.3 Å². The van der Waals surface area contributed by atoms with E-state index in [0.29, 0.717) is 18.9 Å². The van der Waals surface area contributed by atoms with Crippen molar-refractivity contribution in [1.82, 2.24) is 10.2 Å². The zero-order chi connectivity index (χ0) is 19.6. The van der Waals surface area contributed by atoms with Gasteiger partial charge in [0.1, 0.15) is 23.7 Å². The summed E-state index contributed by atoms with van der Waals surface area (Å²) in [6.07, 6.45) is 2.67. The second-order valence-electron chi connectivity index (χ2n) is 6.44. The lowest BCUT2D eigenvalue weighted by atomic mass is 9.98. The van der Waals surface area contributed by atoms with Crippen LogP contribution in [0.1, 0.15) is 25.7 Å². The van der Waals surface area contributed by atoms with Gasteiger partial charge in [-0.15, -0.1) is 0 Å². The number of nitrogens with zero attached hydrogens (tertiary/aromatic N) is 1. The molecule has 1 aromatic rings. The number of esters is 1. The molecule has 1 aromatic carbocycles. The van der Waals surface area contributed by atoms with E-state index < -0.39 is 54.1 Å². The Labute approximate surface area is 152 Å². The summed E-state index contributed by atoms with van der Waals surface area (Å²) in [6, 6.07) is 1.91. The molecule has 1 aliphatic heterocycles. The van der Waals surface area contributed by atoms with Gasteiger partial charge in [-0.2, -0.15) is 0 Å². The highest BCUT2D eigenvalue weighted by Gasteiger charge is 2.52. The zero-order valence-electron chi connectivity index (χ0n) is 14.2. The minimum Gasteiger partial charge on any atom is -0.454 e. The van der Waals surface area contributed by atoms with Crippen LogP contribution in [0.25, 0.3) is 0 Å². The average molecular weight is 381 g/mol. The third-order valence-electron chi connectivity index (χ3n) is 4.56. The Kier molecular flexibility index (Phi) is 5.06. The first-order chi connectivity index (χ1) is 12.8. The summed E-state index contributed by atoms with van der Waals surface area (Å²) in [7, 11) is 0. The fraction of sp³-hybridized carbons (Fsp3) is 0.412. The summed E-state index contributed by atoms with van der Waals surface area (Å²) < 4.78 is 31.0. The first kappa shape index (κ1) is 18.7. The van der Waals surface area contributed by atoms with Crippen molar-refractivity contribution in [3.63, 3.8) is 0 Å². The molecule has 1 saturated heterocycles. The molecule has 144 valence electrons. The second-order valence-corrected chi connectivity index (χ2v) is 6.44. The maximum absolute atomic E-state index is 13.5. The van der Waals surface area contributed by atoms with E-state index >= 15 is 0 Å². The summed E-state index contributed by atoms with van der Waals surface area (Å²) in [6.45, 7) is -1.37. The highest BCUT2D eigenvalue weighted by molar-refractivity contribution is 6.09. The lowest BCUT2D eigenvalue weighted by Crippen LogP contribution is -2.44. The number of nitrogens with one attached hydrogen (secondary N) is 2. The number of halogens is 2. The number of imide groups is 1. The van der Waals surface area contributed by atoms with Crippen LogP contribution in [0.2, 0.25) is 0 Å². The number of hydrogen-bond acceptors (Lipinski definition) is 5. The number of carbonyl (C=O) groups excluding carboxylic acids is 4. The topological polar surface area (TPSA) is 105 Å². The summed E-state index contributed by atoms with van der Waals surface area (Å²) in [4.78, 5) is 48.7. The number of urea groups is 1. The van der Waals surface area contributed by atoms with Crippen LogP contribution in [0.15, 0.2) is 18.2 Å². The van der Waals surface area contributed by atoms with Crippen LogP contribution in [0.5, 0.6) is 0 Å². The van der Waals surface area contributed by atoms with E-state index in [1.807, 2.05) is 0 Å². The number of rotatable bonds is 5. The molecule has 1 aliphatic carbocycles. The maximum Gasteiger partial charge on any atom is 0.326 e. The van der Waals surface area contributed by atoms with Crippen molar-refractivity contribution in [2.75, 3.05) is 18.5 Å². The molecule has 1 heterocycles. The van der Waals surface area contributed by atoms with Gasteiger partial charge in [-0.1, -0.05) is 12.8 Å². The van der Waals surface area contributed by atoms with E-state index in [1.54, 1.807) is 0 Å². The minimum atomic E-state index is -0.976. The molecular formula is C17H17F2N3O5. The van der Waals surface area contributed by atoms with Gasteiger partial charge in [0.25, 0.3) is 11.8 Å². The first-order valence-electron chi connectivity index (χ1n) is 8.35. The van der Waals surface area contributed by atoms with E-state index in [-0.39, 0.29) is 5.69 Å². The maximum atomic E-state index is 13.5. The van der Waals surface area contributed by atoms with Crippen molar-refractivity contribution in [1.29, 1.82) is 0 Å². The number of anilines is 1. The Balaban J connectivity index is 1.50. The van der Waals surface area contributed by atoms with Gasteiger partial charge in [-0.3, -0.25) is 19.3 Å². The number of hydrogen-bond donors (Lipinski definition) is 2. The van der Waals surface area contributed by atoms with Crippen molar-refractivity contribution >= 4 is 29.5 Å². The van der Waals surface area contributed by atoms with Gasteiger partial charge in [0.15, 0.2) is 6.61 Å². The Hall–Kier alpha value is -3.04. The van der Waals surface area contributed by atoms with E-state index in [9.17, 15) is 28.0 Å². The molecule has 0 atom stereocenters. The van der Waals surface area contributed by atoms with Crippen LogP contribution >= 0.6 is 0 Å². The largest absolute Gasteiger partial charge is 0.454 e. The minimum absolute atomic E-state index is 0.269. The highest BCUT2D eigenvalue weighted by Crippen LogP contribution is 2.34. The molecule has 8 nitrogen and oxygen atoms in total. The fourth-order valence-electron chi connectivity index (χ4n) is 3.24. The molecule has 27 heavy (non-hydrogen) atoms. The first-order valence-corrected chi connectivity index (χ1v) is 8.35. The third kappa shape index (κ3) is 3.88. The predicted octanol–water partition coefficient (Wildman–Crippen LogP) is 1.31. The Morgan fingerprint density at radius 2 is 1.93 bits per heavy atom. The quantitative estimate of drug-likeness (QED) is 0.591. The second kappa shape index (κ2) is 7.29. The highest BCUT2D eigenvalue weighted by atomic mass is 19.1. The van der Waals surface area contributed by atoms with Crippen molar-refractivity contribution in [3.8, 4) is 0 Å². The molecule has 0 unspecified atom stereocenters. The van der Waals surface area contributed by atoms with Gasteiger partial charge >= 0.3 is 12.0 Å². The van der Waals surface area contributed by atoms with E-state index in [0.717, 1.165) is 29.9 Å².